The van der Waals surface area contributed by atoms with Crippen LogP contribution in [0.5, 0.6) is 0 Å². The first-order valence-corrected chi connectivity index (χ1v) is 7.33. The number of carbonyl (C=O) groups is 1. The highest BCUT2D eigenvalue weighted by Crippen LogP contribution is 2.48. The van der Waals surface area contributed by atoms with Gasteiger partial charge in [0.05, 0.1) is 12.0 Å². The maximum absolute atomic E-state index is 12.7. The Bertz CT molecular complexity index is 332. The van der Waals surface area contributed by atoms with E-state index < -0.39 is 0 Å². The summed E-state index contributed by atoms with van der Waals surface area (Å²) in [6.07, 6.45) is 4.72. The second-order valence-electron chi connectivity index (χ2n) is 6.26. The minimum absolute atomic E-state index is 0.0917. The first-order valence-electron chi connectivity index (χ1n) is 7.33. The van der Waals surface area contributed by atoms with Gasteiger partial charge in [-0.25, -0.2) is 0 Å². The molecule has 18 heavy (non-hydrogen) atoms. The van der Waals surface area contributed by atoms with Gasteiger partial charge in [-0.05, 0) is 44.4 Å². The van der Waals surface area contributed by atoms with E-state index in [2.05, 4.69) is 0 Å². The third kappa shape index (κ3) is 2.05. The third-order valence-electron chi connectivity index (χ3n) is 5.03. The lowest BCUT2D eigenvalue weighted by molar-refractivity contribution is -0.138. The molecule has 4 nitrogen and oxygen atoms in total. The van der Waals surface area contributed by atoms with Gasteiger partial charge in [-0.15, -0.1) is 0 Å². The molecule has 2 saturated carbocycles. The molecule has 0 aromatic heterocycles. The molecule has 102 valence electrons. The second-order valence-corrected chi connectivity index (χ2v) is 6.26. The minimum Gasteiger partial charge on any atom is -0.377 e. The first kappa shape index (κ1) is 12.4. The summed E-state index contributed by atoms with van der Waals surface area (Å²) in [5.41, 5.74) is 6.27. The fraction of sp³-hybridized carbons (Fsp3) is 0.929. The van der Waals surface area contributed by atoms with Gasteiger partial charge in [0.2, 0.25) is 5.91 Å². The number of fused-ring (bicyclic) bond motifs is 2. The predicted molar refractivity (Wildman–Crippen MR) is 68.9 cm³/mol. The number of amides is 1. The molecule has 3 aliphatic rings. The first-order chi connectivity index (χ1) is 8.66. The van der Waals surface area contributed by atoms with Crippen molar-refractivity contribution in [2.75, 3.05) is 19.7 Å². The molecule has 3 fully saturated rings. The zero-order chi connectivity index (χ0) is 12.7. The summed E-state index contributed by atoms with van der Waals surface area (Å²) in [7, 11) is 0. The Balaban J connectivity index is 1.70. The van der Waals surface area contributed by atoms with Gasteiger partial charge in [0.1, 0.15) is 0 Å². The van der Waals surface area contributed by atoms with Crippen LogP contribution in [0.1, 0.15) is 32.6 Å². The summed E-state index contributed by atoms with van der Waals surface area (Å²) in [6.45, 7) is 4.39. The Hall–Kier alpha value is -0.610. The molecule has 0 radical (unpaired) electrons. The lowest BCUT2D eigenvalue weighted by atomic mass is 9.84. The van der Waals surface area contributed by atoms with Crippen molar-refractivity contribution in [3.05, 3.63) is 0 Å². The Morgan fingerprint density at radius 1 is 1.33 bits per heavy atom. The van der Waals surface area contributed by atoms with Gasteiger partial charge in [0.15, 0.2) is 0 Å². The molecular formula is C14H24N2O2. The Labute approximate surface area is 109 Å². The molecule has 2 bridgehead atoms. The van der Waals surface area contributed by atoms with E-state index in [1.54, 1.807) is 0 Å². The van der Waals surface area contributed by atoms with Crippen LogP contribution in [0.4, 0.5) is 0 Å². The van der Waals surface area contributed by atoms with Crippen LogP contribution >= 0.6 is 0 Å². The third-order valence-corrected chi connectivity index (χ3v) is 5.03. The molecule has 2 aliphatic carbocycles. The van der Waals surface area contributed by atoms with E-state index in [0.29, 0.717) is 17.7 Å². The highest BCUT2D eigenvalue weighted by molar-refractivity contribution is 5.80. The fourth-order valence-electron chi connectivity index (χ4n) is 4.11. The Kier molecular flexibility index (Phi) is 3.32. The predicted octanol–water partition coefficient (Wildman–Crippen LogP) is 0.997. The second kappa shape index (κ2) is 4.82. The van der Waals surface area contributed by atoms with Gasteiger partial charge >= 0.3 is 0 Å². The van der Waals surface area contributed by atoms with Crippen molar-refractivity contribution < 1.29 is 9.53 Å². The molecule has 2 N–H and O–H groups in total. The molecule has 3 rings (SSSR count). The lowest BCUT2D eigenvalue weighted by Gasteiger charge is -2.32. The van der Waals surface area contributed by atoms with Gasteiger partial charge in [-0.3, -0.25) is 4.79 Å². The molecule has 1 amide bonds. The zero-order valence-corrected chi connectivity index (χ0v) is 11.2. The van der Waals surface area contributed by atoms with Crippen molar-refractivity contribution in [3.8, 4) is 0 Å². The normalized spacial score (nSPS) is 44.1. The lowest BCUT2D eigenvalue weighted by Crippen LogP contribution is -2.48. The number of nitrogens with two attached hydrogens (primary N) is 1. The summed E-state index contributed by atoms with van der Waals surface area (Å²) in [5.74, 6) is 1.54. The topological polar surface area (TPSA) is 55.6 Å². The highest BCUT2D eigenvalue weighted by atomic mass is 16.5. The van der Waals surface area contributed by atoms with Crippen molar-refractivity contribution in [1.29, 1.82) is 0 Å². The summed E-state index contributed by atoms with van der Waals surface area (Å²) in [4.78, 5) is 14.7. The van der Waals surface area contributed by atoms with Crippen LogP contribution < -0.4 is 5.73 Å². The number of nitrogens with zero attached hydrogens (tertiary/aromatic N) is 1. The minimum atomic E-state index is 0.0917. The van der Waals surface area contributed by atoms with Crippen LogP contribution in [0, 0.1) is 17.8 Å². The van der Waals surface area contributed by atoms with Crippen molar-refractivity contribution >= 4 is 5.91 Å². The number of carbonyl (C=O) groups excluding carboxylic acids is 1. The summed E-state index contributed by atoms with van der Waals surface area (Å²) in [6, 6.07) is 0.107. The SMILES string of the molecule is CC1CN(C(=O)C2C3CCC(C3)C2N)CCCO1. The van der Waals surface area contributed by atoms with Crippen molar-refractivity contribution in [1.82, 2.24) is 4.90 Å². The number of rotatable bonds is 1. The molecule has 5 atom stereocenters. The quantitative estimate of drug-likeness (QED) is 0.757. The monoisotopic (exact) mass is 252 g/mol. The van der Waals surface area contributed by atoms with Crippen LogP contribution in [0.15, 0.2) is 0 Å². The highest BCUT2D eigenvalue weighted by Gasteiger charge is 2.50. The smallest absolute Gasteiger partial charge is 0.227 e. The molecule has 1 aliphatic heterocycles. The molecule has 0 aromatic carbocycles. The summed E-state index contributed by atoms with van der Waals surface area (Å²) < 4.78 is 5.61. The van der Waals surface area contributed by atoms with Crippen LogP contribution in [0.3, 0.4) is 0 Å². The van der Waals surface area contributed by atoms with Gasteiger partial charge in [-0.2, -0.15) is 0 Å². The van der Waals surface area contributed by atoms with Crippen LogP contribution in [-0.4, -0.2) is 42.6 Å². The molecule has 0 spiro atoms. The molecule has 5 unspecified atom stereocenters. The van der Waals surface area contributed by atoms with Crippen molar-refractivity contribution in [3.63, 3.8) is 0 Å². The average molecular weight is 252 g/mol. The van der Waals surface area contributed by atoms with Crippen molar-refractivity contribution in [2.24, 2.45) is 23.5 Å². The maximum atomic E-state index is 12.7. The molecule has 1 heterocycles. The number of hydrogen-bond acceptors (Lipinski definition) is 3. The number of hydrogen-bond donors (Lipinski definition) is 1. The Morgan fingerprint density at radius 2 is 2.11 bits per heavy atom. The van der Waals surface area contributed by atoms with Gasteiger partial charge in [0, 0.05) is 25.7 Å². The van der Waals surface area contributed by atoms with Gasteiger partial charge < -0.3 is 15.4 Å². The fourth-order valence-corrected chi connectivity index (χ4v) is 4.11. The standard InChI is InChI=1S/C14H24N2O2/c1-9-8-16(5-2-6-18-9)14(17)12-10-3-4-11(7-10)13(12)15/h9-13H,2-8,15H2,1H3. The van der Waals surface area contributed by atoms with Gasteiger partial charge in [0.25, 0.3) is 0 Å². The largest absolute Gasteiger partial charge is 0.377 e. The van der Waals surface area contributed by atoms with Crippen LogP contribution in [-0.2, 0) is 9.53 Å². The van der Waals surface area contributed by atoms with Crippen molar-refractivity contribution in [2.45, 2.75) is 44.8 Å². The van der Waals surface area contributed by atoms with E-state index in [1.165, 1.54) is 19.3 Å². The van der Waals surface area contributed by atoms with E-state index in [9.17, 15) is 4.79 Å². The van der Waals surface area contributed by atoms with E-state index in [0.717, 1.165) is 26.1 Å². The van der Waals surface area contributed by atoms with E-state index in [-0.39, 0.29) is 18.1 Å². The van der Waals surface area contributed by atoms with Gasteiger partial charge in [-0.1, -0.05) is 0 Å². The number of ether oxygens (including phenoxy) is 1. The summed E-state index contributed by atoms with van der Waals surface area (Å²) >= 11 is 0. The van der Waals surface area contributed by atoms with Crippen LogP contribution in [0.25, 0.3) is 0 Å². The zero-order valence-electron chi connectivity index (χ0n) is 11.2. The van der Waals surface area contributed by atoms with Crippen LogP contribution in [0.2, 0.25) is 0 Å². The molecular weight excluding hydrogens is 228 g/mol. The molecule has 4 heteroatoms. The molecule has 0 aromatic rings. The molecule has 1 saturated heterocycles. The Morgan fingerprint density at radius 3 is 2.83 bits per heavy atom. The maximum Gasteiger partial charge on any atom is 0.227 e. The average Bonchev–Trinajstić information content (AvgIpc) is 2.85. The summed E-state index contributed by atoms with van der Waals surface area (Å²) in [5, 5.41) is 0. The van der Waals surface area contributed by atoms with E-state index in [1.807, 2.05) is 11.8 Å². The van der Waals surface area contributed by atoms with E-state index >= 15 is 0 Å². The van der Waals surface area contributed by atoms with E-state index in [4.69, 9.17) is 10.5 Å².